The molecule has 0 aromatic heterocycles. The van der Waals surface area contributed by atoms with Crippen LogP contribution in [0.1, 0.15) is 23.2 Å². The third kappa shape index (κ3) is 2.94. The Hall–Kier alpha value is -1.60. The molecule has 0 atom stereocenters. The van der Waals surface area contributed by atoms with E-state index < -0.39 is 34.5 Å². The summed E-state index contributed by atoms with van der Waals surface area (Å²) >= 11 is 0. The fourth-order valence-electron chi connectivity index (χ4n) is 2.15. The summed E-state index contributed by atoms with van der Waals surface area (Å²) in [6, 6.07) is 0.876. The first-order valence-electron chi connectivity index (χ1n) is 6.13. The number of nitrogens with one attached hydrogen (secondary N) is 1. The molecule has 0 bridgehead atoms. The molecule has 0 spiro atoms. The number of aliphatic hydroxyl groups is 1. The number of benzene rings is 1. The van der Waals surface area contributed by atoms with E-state index in [-0.39, 0.29) is 6.61 Å². The van der Waals surface area contributed by atoms with Gasteiger partial charge in [-0.15, -0.1) is 0 Å². The van der Waals surface area contributed by atoms with Crippen molar-refractivity contribution in [3.63, 3.8) is 0 Å². The van der Waals surface area contributed by atoms with Gasteiger partial charge in [0, 0.05) is 25.3 Å². The maximum absolute atomic E-state index is 13.5. The van der Waals surface area contributed by atoms with Gasteiger partial charge in [0.2, 0.25) is 0 Å². The van der Waals surface area contributed by atoms with Crippen molar-refractivity contribution in [1.29, 1.82) is 0 Å². The Morgan fingerprint density at radius 2 is 1.80 bits per heavy atom. The molecule has 110 valence electrons. The SMILES string of the molecule is O=C(NC1(CO)CCOCC1)c1c(F)cc(F)cc1F. The van der Waals surface area contributed by atoms with Crippen molar-refractivity contribution in [1.82, 2.24) is 5.32 Å². The smallest absolute Gasteiger partial charge is 0.257 e. The molecule has 0 unspecified atom stereocenters. The number of halogens is 3. The highest BCUT2D eigenvalue weighted by Gasteiger charge is 2.35. The molecule has 1 aliphatic heterocycles. The van der Waals surface area contributed by atoms with E-state index in [1.807, 2.05) is 0 Å². The summed E-state index contributed by atoms with van der Waals surface area (Å²) in [6.45, 7) is 0.289. The van der Waals surface area contributed by atoms with Crippen LogP contribution >= 0.6 is 0 Å². The summed E-state index contributed by atoms with van der Waals surface area (Å²) in [4.78, 5) is 12.0. The second kappa shape index (κ2) is 5.80. The molecule has 1 aromatic carbocycles. The standard InChI is InChI=1S/C13H14F3NO3/c14-8-5-9(15)11(10(16)6-8)12(19)17-13(7-18)1-3-20-4-2-13/h5-6,18H,1-4,7H2,(H,17,19). The van der Waals surface area contributed by atoms with Crippen molar-refractivity contribution in [2.45, 2.75) is 18.4 Å². The fraction of sp³-hybridized carbons (Fsp3) is 0.462. The first-order chi connectivity index (χ1) is 9.47. The van der Waals surface area contributed by atoms with Gasteiger partial charge in [-0.2, -0.15) is 0 Å². The van der Waals surface area contributed by atoms with Gasteiger partial charge in [-0.1, -0.05) is 0 Å². The lowest BCUT2D eigenvalue weighted by Gasteiger charge is -2.36. The average Bonchev–Trinajstić information content (AvgIpc) is 2.38. The van der Waals surface area contributed by atoms with Crippen molar-refractivity contribution < 1.29 is 27.8 Å². The lowest BCUT2D eigenvalue weighted by atomic mass is 9.90. The van der Waals surface area contributed by atoms with Crippen molar-refractivity contribution in [2.24, 2.45) is 0 Å². The highest BCUT2D eigenvalue weighted by molar-refractivity contribution is 5.95. The Kier molecular flexibility index (Phi) is 4.29. The predicted molar refractivity (Wildman–Crippen MR) is 63.7 cm³/mol. The monoisotopic (exact) mass is 289 g/mol. The van der Waals surface area contributed by atoms with Crippen LogP contribution in [0, 0.1) is 17.5 Å². The number of rotatable bonds is 3. The van der Waals surface area contributed by atoms with Gasteiger partial charge < -0.3 is 15.2 Å². The lowest BCUT2D eigenvalue weighted by Crippen LogP contribution is -2.54. The number of carbonyl (C=O) groups excluding carboxylic acids is 1. The molecule has 1 aromatic rings. The van der Waals surface area contributed by atoms with Crippen LogP contribution in [0.5, 0.6) is 0 Å². The van der Waals surface area contributed by atoms with Crippen molar-refractivity contribution >= 4 is 5.91 Å². The zero-order valence-corrected chi connectivity index (χ0v) is 10.6. The minimum Gasteiger partial charge on any atom is -0.394 e. The van der Waals surface area contributed by atoms with E-state index in [9.17, 15) is 23.1 Å². The van der Waals surface area contributed by atoms with Gasteiger partial charge in [-0.3, -0.25) is 4.79 Å². The van der Waals surface area contributed by atoms with Gasteiger partial charge in [-0.05, 0) is 12.8 Å². The van der Waals surface area contributed by atoms with Crippen molar-refractivity contribution in [2.75, 3.05) is 19.8 Å². The number of aliphatic hydroxyl groups excluding tert-OH is 1. The van der Waals surface area contributed by atoms with Gasteiger partial charge in [0.25, 0.3) is 5.91 Å². The molecule has 0 saturated carbocycles. The first kappa shape index (κ1) is 14.8. The Morgan fingerprint density at radius 3 is 2.30 bits per heavy atom. The molecule has 0 radical (unpaired) electrons. The molecule has 2 N–H and O–H groups in total. The van der Waals surface area contributed by atoms with Crippen LogP contribution in [-0.4, -0.2) is 36.4 Å². The van der Waals surface area contributed by atoms with Crippen molar-refractivity contribution in [3.8, 4) is 0 Å². The molecule has 20 heavy (non-hydrogen) atoms. The Morgan fingerprint density at radius 1 is 1.25 bits per heavy atom. The minimum atomic E-state index is -1.28. The molecule has 1 saturated heterocycles. The molecular weight excluding hydrogens is 275 g/mol. The van der Waals surface area contributed by atoms with E-state index in [0.717, 1.165) is 0 Å². The van der Waals surface area contributed by atoms with E-state index >= 15 is 0 Å². The van der Waals surface area contributed by atoms with Crippen LogP contribution in [0.4, 0.5) is 13.2 Å². The van der Waals surface area contributed by atoms with Gasteiger partial charge in [0.15, 0.2) is 0 Å². The second-order valence-corrected chi connectivity index (χ2v) is 4.75. The summed E-state index contributed by atoms with van der Waals surface area (Å²) in [5.74, 6) is -4.67. The van der Waals surface area contributed by atoms with E-state index in [2.05, 4.69) is 5.32 Å². The third-order valence-corrected chi connectivity index (χ3v) is 3.37. The maximum atomic E-state index is 13.5. The summed E-state index contributed by atoms with van der Waals surface area (Å²) in [7, 11) is 0. The number of carbonyl (C=O) groups is 1. The molecule has 2 rings (SSSR count). The molecule has 7 heteroatoms. The van der Waals surface area contributed by atoms with E-state index in [4.69, 9.17) is 4.74 Å². The number of hydrogen-bond acceptors (Lipinski definition) is 3. The third-order valence-electron chi connectivity index (χ3n) is 3.37. The number of hydrogen-bond donors (Lipinski definition) is 2. The minimum absolute atomic E-state index is 0.329. The maximum Gasteiger partial charge on any atom is 0.257 e. The highest BCUT2D eigenvalue weighted by Crippen LogP contribution is 2.22. The fourth-order valence-corrected chi connectivity index (χ4v) is 2.15. The Labute approximate surface area is 113 Å². The second-order valence-electron chi connectivity index (χ2n) is 4.75. The summed E-state index contributed by atoms with van der Waals surface area (Å²) in [5.41, 5.74) is -1.83. The first-order valence-corrected chi connectivity index (χ1v) is 6.13. The average molecular weight is 289 g/mol. The quantitative estimate of drug-likeness (QED) is 0.883. The molecule has 4 nitrogen and oxygen atoms in total. The number of ether oxygens (including phenoxy) is 1. The van der Waals surface area contributed by atoms with Gasteiger partial charge >= 0.3 is 0 Å². The largest absolute Gasteiger partial charge is 0.394 e. The highest BCUT2D eigenvalue weighted by atomic mass is 19.1. The van der Waals surface area contributed by atoms with Crippen LogP contribution in [0.2, 0.25) is 0 Å². The van der Waals surface area contributed by atoms with E-state index in [1.54, 1.807) is 0 Å². The van der Waals surface area contributed by atoms with E-state index in [1.165, 1.54) is 0 Å². The Bertz CT molecular complexity index is 493. The van der Waals surface area contributed by atoms with Gasteiger partial charge in [0.1, 0.15) is 23.0 Å². The number of amides is 1. The van der Waals surface area contributed by atoms with Crippen LogP contribution in [0.3, 0.4) is 0 Å². The van der Waals surface area contributed by atoms with Crippen LogP contribution in [0.15, 0.2) is 12.1 Å². The molecular formula is C13H14F3NO3. The van der Waals surface area contributed by atoms with Crippen LogP contribution in [0.25, 0.3) is 0 Å². The van der Waals surface area contributed by atoms with Gasteiger partial charge in [0.05, 0.1) is 12.1 Å². The summed E-state index contributed by atoms with van der Waals surface area (Å²) < 4.78 is 45.0. The lowest BCUT2D eigenvalue weighted by molar-refractivity contribution is 0.0124. The predicted octanol–water partition coefficient (Wildman–Crippen LogP) is 1.38. The summed E-state index contributed by atoms with van der Waals surface area (Å²) in [5, 5.41) is 11.8. The molecule has 1 amide bonds. The van der Waals surface area contributed by atoms with Crippen LogP contribution in [-0.2, 0) is 4.74 Å². The van der Waals surface area contributed by atoms with Gasteiger partial charge in [-0.25, -0.2) is 13.2 Å². The van der Waals surface area contributed by atoms with Crippen LogP contribution < -0.4 is 5.32 Å². The normalized spacial score (nSPS) is 17.8. The Balaban J connectivity index is 2.23. The van der Waals surface area contributed by atoms with E-state index in [0.29, 0.717) is 38.2 Å². The molecule has 1 heterocycles. The zero-order chi connectivity index (χ0) is 14.8. The van der Waals surface area contributed by atoms with Crippen molar-refractivity contribution in [3.05, 3.63) is 35.1 Å². The molecule has 1 fully saturated rings. The molecule has 1 aliphatic rings. The summed E-state index contributed by atoms with van der Waals surface area (Å²) in [6.07, 6.45) is 0.666. The topological polar surface area (TPSA) is 58.6 Å². The zero-order valence-electron chi connectivity index (χ0n) is 10.6. The molecule has 0 aliphatic carbocycles.